The van der Waals surface area contributed by atoms with Crippen molar-refractivity contribution >= 4 is 21.6 Å². The summed E-state index contributed by atoms with van der Waals surface area (Å²) in [6.07, 6.45) is 6.58. The van der Waals surface area contributed by atoms with Crippen molar-refractivity contribution in [2.24, 2.45) is 5.73 Å². The van der Waals surface area contributed by atoms with Crippen molar-refractivity contribution in [3.8, 4) is 0 Å². The Labute approximate surface area is 100 Å². The molecule has 0 unspecified atom stereocenters. The first-order valence-electron chi connectivity index (χ1n) is 4.91. The molecule has 1 amide bonds. The minimum Gasteiger partial charge on any atom is -0.370 e. The Kier molecular flexibility index (Phi) is 4.45. The van der Waals surface area contributed by atoms with Gasteiger partial charge in [-0.05, 0) is 24.5 Å². The van der Waals surface area contributed by atoms with Gasteiger partial charge in [0.1, 0.15) is 0 Å². The van der Waals surface area contributed by atoms with E-state index in [0.717, 1.165) is 11.8 Å². The van der Waals surface area contributed by atoms with Crippen LogP contribution in [0.1, 0.15) is 18.4 Å². The fourth-order valence-electron chi connectivity index (χ4n) is 1.22. The van der Waals surface area contributed by atoms with Crippen molar-refractivity contribution in [1.82, 2.24) is 4.98 Å². The van der Waals surface area contributed by atoms with Crippen LogP contribution >= 0.6 is 0 Å². The van der Waals surface area contributed by atoms with Gasteiger partial charge in [-0.25, -0.2) is 8.42 Å². The summed E-state index contributed by atoms with van der Waals surface area (Å²) in [4.78, 5) is 14.4. The SMILES string of the molecule is CS(=O)(=O)Nc1cncc([CH]CCC(N)=O)c1. The Hall–Kier alpha value is -1.63. The molecule has 0 saturated heterocycles. The number of carbonyl (C=O) groups is 1. The van der Waals surface area contributed by atoms with Gasteiger partial charge in [0.15, 0.2) is 0 Å². The minimum atomic E-state index is -3.31. The molecule has 0 bridgehead atoms. The van der Waals surface area contributed by atoms with E-state index in [-0.39, 0.29) is 12.3 Å². The predicted octanol–water partition coefficient (Wildman–Crippen LogP) is 0.271. The van der Waals surface area contributed by atoms with Crippen LogP contribution in [0, 0.1) is 6.42 Å². The minimum absolute atomic E-state index is 0.254. The van der Waals surface area contributed by atoms with Crippen LogP contribution in [0.25, 0.3) is 0 Å². The second-order valence-corrected chi connectivity index (χ2v) is 5.34. The third kappa shape index (κ3) is 5.86. The average molecular weight is 256 g/mol. The van der Waals surface area contributed by atoms with Crippen molar-refractivity contribution < 1.29 is 13.2 Å². The van der Waals surface area contributed by atoms with Crippen molar-refractivity contribution in [1.29, 1.82) is 0 Å². The zero-order chi connectivity index (χ0) is 12.9. The number of sulfonamides is 1. The van der Waals surface area contributed by atoms with E-state index in [2.05, 4.69) is 9.71 Å². The molecule has 1 aromatic heterocycles. The maximum absolute atomic E-state index is 11.0. The highest BCUT2D eigenvalue weighted by atomic mass is 32.2. The Morgan fingerprint density at radius 1 is 1.53 bits per heavy atom. The van der Waals surface area contributed by atoms with Crippen LogP contribution in [0.2, 0.25) is 0 Å². The second kappa shape index (κ2) is 5.62. The number of hydrogen-bond donors (Lipinski definition) is 2. The van der Waals surface area contributed by atoms with Gasteiger partial charge in [0.25, 0.3) is 0 Å². The Bertz CT molecular complexity index is 499. The Morgan fingerprint density at radius 2 is 2.24 bits per heavy atom. The van der Waals surface area contributed by atoms with Gasteiger partial charge >= 0.3 is 0 Å². The molecule has 0 saturated carbocycles. The standard InChI is InChI=1S/C10H14N3O3S/c1-17(15,16)13-9-5-8(6-12-7-9)3-2-4-10(11)14/h3,5-7,13H,2,4H2,1H3,(H2,11,14). The molecule has 0 atom stereocenters. The Balaban J connectivity index is 2.63. The lowest BCUT2D eigenvalue weighted by Gasteiger charge is -2.05. The number of hydrogen-bond acceptors (Lipinski definition) is 4. The van der Waals surface area contributed by atoms with E-state index in [1.165, 1.54) is 6.20 Å². The number of nitrogens with one attached hydrogen (secondary N) is 1. The molecular weight excluding hydrogens is 242 g/mol. The summed E-state index contributed by atoms with van der Waals surface area (Å²) in [7, 11) is -3.31. The van der Waals surface area contributed by atoms with Crippen molar-refractivity contribution in [3.05, 3.63) is 30.4 Å². The monoisotopic (exact) mass is 256 g/mol. The van der Waals surface area contributed by atoms with Crippen molar-refractivity contribution in [3.63, 3.8) is 0 Å². The van der Waals surface area contributed by atoms with E-state index in [1.807, 2.05) is 0 Å². The van der Waals surface area contributed by atoms with Crippen LogP contribution in [0.4, 0.5) is 5.69 Å². The maximum Gasteiger partial charge on any atom is 0.229 e. The number of pyridine rings is 1. The lowest BCUT2D eigenvalue weighted by molar-refractivity contribution is -0.117. The van der Waals surface area contributed by atoms with Crippen LogP contribution < -0.4 is 10.5 Å². The first kappa shape index (κ1) is 13.4. The van der Waals surface area contributed by atoms with Gasteiger partial charge in [-0.15, -0.1) is 0 Å². The van der Waals surface area contributed by atoms with Crippen LogP contribution in [0.5, 0.6) is 0 Å². The van der Waals surface area contributed by atoms with E-state index < -0.39 is 10.0 Å². The molecule has 7 heteroatoms. The summed E-state index contributed by atoms with van der Waals surface area (Å²) in [5, 5.41) is 0. The van der Waals surface area contributed by atoms with Gasteiger partial charge in [-0.3, -0.25) is 14.5 Å². The lowest BCUT2D eigenvalue weighted by Crippen LogP contribution is -2.10. The number of nitrogens with two attached hydrogens (primary N) is 1. The summed E-state index contributed by atoms with van der Waals surface area (Å²) in [5.41, 5.74) is 6.13. The molecule has 0 spiro atoms. The maximum atomic E-state index is 11.0. The van der Waals surface area contributed by atoms with Gasteiger partial charge in [-0.2, -0.15) is 0 Å². The first-order chi connectivity index (χ1) is 7.87. The molecule has 0 aliphatic rings. The molecule has 0 aliphatic heterocycles. The zero-order valence-electron chi connectivity index (χ0n) is 9.38. The summed E-state index contributed by atoms with van der Waals surface area (Å²) >= 11 is 0. The summed E-state index contributed by atoms with van der Waals surface area (Å²) in [6, 6.07) is 1.63. The molecule has 17 heavy (non-hydrogen) atoms. The molecule has 93 valence electrons. The molecule has 1 radical (unpaired) electrons. The summed E-state index contributed by atoms with van der Waals surface area (Å²) < 4.78 is 24.3. The highest BCUT2D eigenvalue weighted by molar-refractivity contribution is 7.92. The molecule has 0 aromatic carbocycles. The van der Waals surface area contributed by atoms with Crippen LogP contribution in [-0.2, 0) is 14.8 Å². The zero-order valence-corrected chi connectivity index (χ0v) is 10.2. The summed E-state index contributed by atoms with van der Waals surface area (Å²) in [6.45, 7) is 0. The molecular formula is C10H14N3O3S. The largest absolute Gasteiger partial charge is 0.370 e. The highest BCUT2D eigenvalue weighted by Gasteiger charge is 2.03. The third-order valence-corrected chi connectivity index (χ3v) is 2.44. The Morgan fingerprint density at radius 3 is 2.82 bits per heavy atom. The van der Waals surface area contributed by atoms with Crippen LogP contribution in [-0.4, -0.2) is 25.6 Å². The van der Waals surface area contributed by atoms with Gasteiger partial charge in [0.2, 0.25) is 15.9 Å². The summed E-state index contributed by atoms with van der Waals surface area (Å²) in [5.74, 6) is -0.375. The molecule has 1 aromatic rings. The van der Waals surface area contributed by atoms with Crippen molar-refractivity contribution in [2.75, 3.05) is 11.0 Å². The fraction of sp³-hybridized carbons (Fsp3) is 0.300. The third-order valence-electron chi connectivity index (χ3n) is 1.83. The number of primary amides is 1. The number of nitrogens with zero attached hydrogens (tertiary/aromatic N) is 1. The average Bonchev–Trinajstić information content (AvgIpc) is 2.14. The first-order valence-corrected chi connectivity index (χ1v) is 6.80. The van der Waals surface area contributed by atoms with Crippen LogP contribution in [0.3, 0.4) is 0 Å². The lowest BCUT2D eigenvalue weighted by atomic mass is 10.1. The van der Waals surface area contributed by atoms with E-state index >= 15 is 0 Å². The number of carbonyl (C=O) groups excluding carboxylic acids is 1. The molecule has 1 rings (SSSR count). The number of anilines is 1. The second-order valence-electron chi connectivity index (χ2n) is 3.59. The fourth-order valence-corrected chi connectivity index (χ4v) is 1.76. The quantitative estimate of drug-likeness (QED) is 0.762. The number of rotatable bonds is 6. The van der Waals surface area contributed by atoms with Gasteiger partial charge in [0, 0.05) is 12.6 Å². The molecule has 0 fully saturated rings. The highest BCUT2D eigenvalue weighted by Crippen LogP contribution is 2.13. The normalized spacial score (nSPS) is 11.1. The van der Waals surface area contributed by atoms with E-state index in [9.17, 15) is 13.2 Å². The molecule has 0 aliphatic carbocycles. The van der Waals surface area contributed by atoms with Crippen LogP contribution in [0.15, 0.2) is 18.5 Å². The van der Waals surface area contributed by atoms with Gasteiger partial charge in [-0.1, -0.05) is 0 Å². The topological polar surface area (TPSA) is 102 Å². The van der Waals surface area contributed by atoms with E-state index in [4.69, 9.17) is 5.73 Å². The number of amides is 1. The molecule has 6 nitrogen and oxygen atoms in total. The smallest absolute Gasteiger partial charge is 0.229 e. The van der Waals surface area contributed by atoms with E-state index in [1.54, 1.807) is 18.7 Å². The molecule has 1 heterocycles. The predicted molar refractivity (Wildman–Crippen MR) is 64.5 cm³/mol. The van der Waals surface area contributed by atoms with Gasteiger partial charge < -0.3 is 5.73 Å². The van der Waals surface area contributed by atoms with Gasteiger partial charge in [0.05, 0.1) is 18.1 Å². The van der Waals surface area contributed by atoms with Crippen molar-refractivity contribution in [2.45, 2.75) is 12.8 Å². The van der Waals surface area contributed by atoms with E-state index in [0.29, 0.717) is 12.1 Å². The molecule has 3 N–H and O–H groups in total. The number of aromatic nitrogens is 1.